The second-order valence-electron chi connectivity index (χ2n) is 3.67. The van der Waals surface area contributed by atoms with Crippen LogP contribution in [0.5, 0.6) is 5.75 Å². The molecule has 1 amide bonds. The van der Waals surface area contributed by atoms with Gasteiger partial charge in [-0.05, 0) is 18.1 Å². The minimum absolute atomic E-state index is 0.0644. The van der Waals surface area contributed by atoms with Gasteiger partial charge in [0.1, 0.15) is 12.4 Å². The van der Waals surface area contributed by atoms with E-state index >= 15 is 0 Å². The van der Waals surface area contributed by atoms with Gasteiger partial charge in [0, 0.05) is 22.7 Å². The number of nitrogens with one attached hydrogen (secondary N) is 1. The molecule has 0 atom stereocenters. The average molecular weight is 282 g/mol. The van der Waals surface area contributed by atoms with Crippen LogP contribution >= 0.6 is 15.9 Å². The molecule has 1 heterocycles. The van der Waals surface area contributed by atoms with Crippen LogP contribution < -0.4 is 10.1 Å². The van der Waals surface area contributed by atoms with Gasteiger partial charge >= 0.3 is 0 Å². The highest BCUT2D eigenvalue weighted by molar-refractivity contribution is 9.11. The van der Waals surface area contributed by atoms with Crippen molar-refractivity contribution in [2.45, 2.75) is 12.8 Å². The lowest BCUT2D eigenvalue weighted by atomic mass is 10.0. The first kappa shape index (κ1) is 11.2. The number of aryl methyl sites for hydroxylation is 1. The van der Waals surface area contributed by atoms with Crippen LogP contribution in [0.2, 0.25) is 0 Å². The van der Waals surface area contributed by atoms with Crippen LogP contribution in [0.15, 0.2) is 29.3 Å². The van der Waals surface area contributed by atoms with Gasteiger partial charge in [-0.1, -0.05) is 28.6 Å². The standard InChI is InChI=1S/C12H12BrNO2/c1-8(13)7-16-10-4-2-9-3-5-12(15)14-11(9)6-10/h2,4,6H,1,3,5,7H2,(H,14,15). The van der Waals surface area contributed by atoms with Crippen LogP contribution in [0.1, 0.15) is 12.0 Å². The second kappa shape index (κ2) is 4.70. The zero-order valence-electron chi connectivity index (χ0n) is 8.75. The first-order valence-corrected chi connectivity index (χ1v) is 5.83. The number of hydrogen-bond donors (Lipinski definition) is 1. The van der Waals surface area contributed by atoms with E-state index in [-0.39, 0.29) is 5.91 Å². The summed E-state index contributed by atoms with van der Waals surface area (Å²) in [6.45, 7) is 4.12. The SMILES string of the molecule is C=C(Br)COc1ccc2c(c1)NC(=O)CC2. The van der Waals surface area contributed by atoms with E-state index < -0.39 is 0 Å². The maximum Gasteiger partial charge on any atom is 0.224 e. The van der Waals surface area contributed by atoms with E-state index in [4.69, 9.17) is 4.74 Å². The van der Waals surface area contributed by atoms with Crippen molar-refractivity contribution in [1.29, 1.82) is 0 Å². The molecule has 1 aliphatic rings. The molecule has 2 rings (SSSR count). The van der Waals surface area contributed by atoms with Gasteiger partial charge in [0.25, 0.3) is 0 Å². The number of anilines is 1. The highest BCUT2D eigenvalue weighted by Crippen LogP contribution is 2.27. The van der Waals surface area contributed by atoms with Gasteiger partial charge < -0.3 is 10.1 Å². The second-order valence-corrected chi connectivity index (χ2v) is 4.79. The number of carbonyl (C=O) groups excluding carboxylic acids is 1. The molecular weight excluding hydrogens is 270 g/mol. The molecule has 0 unspecified atom stereocenters. The monoisotopic (exact) mass is 281 g/mol. The molecule has 84 valence electrons. The maximum absolute atomic E-state index is 11.2. The van der Waals surface area contributed by atoms with Crippen molar-refractivity contribution < 1.29 is 9.53 Å². The van der Waals surface area contributed by atoms with Crippen molar-refractivity contribution >= 4 is 27.5 Å². The number of carbonyl (C=O) groups is 1. The summed E-state index contributed by atoms with van der Waals surface area (Å²) in [5.74, 6) is 0.802. The summed E-state index contributed by atoms with van der Waals surface area (Å²) >= 11 is 3.23. The Balaban J connectivity index is 2.14. The summed E-state index contributed by atoms with van der Waals surface area (Å²) in [5, 5.41) is 2.83. The van der Waals surface area contributed by atoms with Crippen molar-refractivity contribution in [1.82, 2.24) is 0 Å². The summed E-state index contributed by atoms with van der Waals surface area (Å²) in [4.78, 5) is 11.2. The lowest BCUT2D eigenvalue weighted by Crippen LogP contribution is -2.18. The molecule has 0 spiro atoms. The largest absolute Gasteiger partial charge is 0.488 e. The molecular formula is C12H12BrNO2. The highest BCUT2D eigenvalue weighted by atomic mass is 79.9. The molecule has 4 heteroatoms. The van der Waals surface area contributed by atoms with Gasteiger partial charge in [0.05, 0.1) is 0 Å². The molecule has 1 aliphatic heterocycles. The van der Waals surface area contributed by atoms with Crippen LogP contribution in [0.3, 0.4) is 0 Å². The number of hydrogen-bond acceptors (Lipinski definition) is 2. The molecule has 0 aromatic heterocycles. The molecule has 0 saturated carbocycles. The van der Waals surface area contributed by atoms with Crippen LogP contribution in [0.25, 0.3) is 0 Å². The number of halogens is 1. The minimum atomic E-state index is 0.0644. The van der Waals surface area contributed by atoms with Crippen LogP contribution in [-0.2, 0) is 11.2 Å². The fourth-order valence-corrected chi connectivity index (χ4v) is 1.72. The summed E-state index contributed by atoms with van der Waals surface area (Å²) < 4.78 is 6.26. The smallest absolute Gasteiger partial charge is 0.224 e. The molecule has 1 N–H and O–H groups in total. The molecule has 0 aliphatic carbocycles. The van der Waals surface area contributed by atoms with Crippen LogP contribution in [0, 0.1) is 0 Å². The first-order chi connectivity index (χ1) is 7.65. The quantitative estimate of drug-likeness (QED) is 0.925. The Bertz CT molecular complexity index is 443. The fourth-order valence-electron chi connectivity index (χ4n) is 1.60. The van der Waals surface area contributed by atoms with Crippen LogP contribution in [-0.4, -0.2) is 12.5 Å². The van der Waals surface area contributed by atoms with Gasteiger partial charge in [-0.15, -0.1) is 0 Å². The first-order valence-electron chi connectivity index (χ1n) is 5.04. The number of fused-ring (bicyclic) bond motifs is 1. The number of benzene rings is 1. The third-order valence-electron chi connectivity index (χ3n) is 2.37. The van der Waals surface area contributed by atoms with E-state index in [1.54, 1.807) is 0 Å². The van der Waals surface area contributed by atoms with E-state index in [1.165, 1.54) is 0 Å². The van der Waals surface area contributed by atoms with Gasteiger partial charge in [-0.25, -0.2) is 0 Å². The highest BCUT2D eigenvalue weighted by Gasteiger charge is 2.14. The Morgan fingerprint density at radius 2 is 2.31 bits per heavy atom. The Morgan fingerprint density at radius 3 is 3.06 bits per heavy atom. The predicted molar refractivity (Wildman–Crippen MR) is 67.0 cm³/mol. The number of amides is 1. The normalized spacial score (nSPS) is 13.9. The summed E-state index contributed by atoms with van der Waals surface area (Å²) in [7, 11) is 0. The van der Waals surface area contributed by atoms with Gasteiger partial charge in [0.15, 0.2) is 0 Å². The van der Waals surface area contributed by atoms with Crippen molar-refractivity contribution in [2.24, 2.45) is 0 Å². The lowest BCUT2D eigenvalue weighted by Gasteiger charge is -2.17. The van der Waals surface area contributed by atoms with E-state index in [0.717, 1.165) is 27.9 Å². The van der Waals surface area contributed by atoms with Crippen molar-refractivity contribution in [3.63, 3.8) is 0 Å². The van der Waals surface area contributed by atoms with Crippen LogP contribution in [0.4, 0.5) is 5.69 Å². The molecule has 3 nitrogen and oxygen atoms in total. The molecule has 0 bridgehead atoms. The molecule has 0 fully saturated rings. The Kier molecular flexibility index (Phi) is 3.29. The topological polar surface area (TPSA) is 38.3 Å². The Morgan fingerprint density at radius 1 is 1.50 bits per heavy atom. The van der Waals surface area contributed by atoms with Gasteiger partial charge in [0.2, 0.25) is 5.91 Å². The zero-order valence-corrected chi connectivity index (χ0v) is 10.3. The average Bonchev–Trinajstić information content (AvgIpc) is 2.25. The third kappa shape index (κ3) is 2.64. The summed E-state index contributed by atoms with van der Waals surface area (Å²) in [6.07, 6.45) is 1.36. The number of ether oxygens (including phenoxy) is 1. The lowest BCUT2D eigenvalue weighted by molar-refractivity contribution is -0.116. The predicted octanol–water partition coefficient (Wildman–Crippen LogP) is 2.86. The minimum Gasteiger partial charge on any atom is -0.488 e. The Hall–Kier alpha value is -1.29. The van der Waals surface area contributed by atoms with E-state index in [0.29, 0.717) is 13.0 Å². The third-order valence-corrected chi connectivity index (χ3v) is 2.60. The van der Waals surface area contributed by atoms with Gasteiger partial charge in [-0.2, -0.15) is 0 Å². The van der Waals surface area contributed by atoms with Crippen molar-refractivity contribution in [3.8, 4) is 5.75 Å². The molecule has 0 radical (unpaired) electrons. The summed E-state index contributed by atoms with van der Waals surface area (Å²) in [5.41, 5.74) is 2.01. The molecule has 1 aromatic carbocycles. The van der Waals surface area contributed by atoms with Crippen molar-refractivity contribution in [3.05, 3.63) is 34.8 Å². The molecule has 1 aromatic rings. The summed E-state index contributed by atoms with van der Waals surface area (Å²) in [6, 6.07) is 5.75. The number of rotatable bonds is 3. The fraction of sp³-hybridized carbons (Fsp3) is 0.250. The van der Waals surface area contributed by atoms with Gasteiger partial charge in [-0.3, -0.25) is 4.79 Å². The molecule has 16 heavy (non-hydrogen) atoms. The zero-order chi connectivity index (χ0) is 11.5. The maximum atomic E-state index is 11.2. The van der Waals surface area contributed by atoms with Crippen molar-refractivity contribution in [2.75, 3.05) is 11.9 Å². The van der Waals surface area contributed by atoms with E-state index in [2.05, 4.69) is 27.8 Å². The van der Waals surface area contributed by atoms with E-state index in [1.807, 2.05) is 18.2 Å². The molecule has 0 saturated heterocycles. The van der Waals surface area contributed by atoms with E-state index in [9.17, 15) is 4.79 Å². The Labute approximate surface area is 103 Å².